The summed E-state index contributed by atoms with van der Waals surface area (Å²) in [5, 5.41) is 8.84. The molecule has 1 N–H and O–H groups in total. The van der Waals surface area contributed by atoms with Gasteiger partial charge in [-0.25, -0.2) is 8.42 Å². The van der Waals surface area contributed by atoms with Gasteiger partial charge in [0, 0.05) is 5.25 Å². The minimum Gasteiger partial charge on any atom is -0.748 e. The number of hydrogen-bond acceptors (Lipinski definition) is 4. The summed E-state index contributed by atoms with van der Waals surface area (Å²) in [7, 11) is -4.21. The first-order valence-corrected chi connectivity index (χ1v) is 8.01. The van der Waals surface area contributed by atoms with Gasteiger partial charge < -0.3 is 9.66 Å². The Morgan fingerprint density at radius 3 is 2.06 bits per heavy atom. The maximum atomic E-state index is 11.0. The van der Waals surface area contributed by atoms with Gasteiger partial charge in [-0.05, 0) is 25.7 Å². The molecule has 0 saturated carbocycles. The van der Waals surface area contributed by atoms with E-state index >= 15 is 0 Å². The number of aliphatic hydroxyl groups excluding tert-OH is 1. The van der Waals surface area contributed by atoms with E-state index in [4.69, 9.17) is 0 Å². The smallest absolute Gasteiger partial charge is 0.748 e. The van der Waals surface area contributed by atoms with E-state index in [-0.39, 0.29) is 57.8 Å². The first-order valence-electron chi connectivity index (χ1n) is 6.54. The zero-order valence-electron chi connectivity index (χ0n) is 11.9. The number of aliphatic hydroxyl groups is 1. The molecule has 0 fully saturated rings. The summed E-state index contributed by atoms with van der Waals surface area (Å²) >= 11 is 0. The van der Waals surface area contributed by atoms with Gasteiger partial charge in [-0.1, -0.05) is 39.5 Å². The molecule has 0 aliphatic carbocycles. The molecule has 0 amide bonds. The Bertz CT molecular complexity index is 280. The molecule has 0 spiro atoms. The van der Waals surface area contributed by atoms with Crippen LogP contribution in [0.2, 0.25) is 0 Å². The van der Waals surface area contributed by atoms with Crippen LogP contribution in [0, 0.1) is 0 Å². The Morgan fingerprint density at radius 2 is 1.61 bits per heavy atom. The summed E-state index contributed by atoms with van der Waals surface area (Å²) in [6, 6.07) is 0. The molecule has 0 aromatic rings. The first-order chi connectivity index (χ1) is 7.91. The monoisotopic (exact) mass is 304 g/mol. The van der Waals surface area contributed by atoms with Gasteiger partial charge in [-0.15, -0.1) is 0 Å². The third kappa shape index (κ3) is 11.3. The van der Waals surface area contributed by atoms with E-state index in [9.17, 15) is 18.1 Å². The summed E-state index contributed by atoms with van der Waals surface area (Å²) in [6.07, 6.45) is 5.14. The largest absolute Gasteiger partial charge is 1.00 e. The van der Waals surface area contributed by atoms with E-state index < -0.39 is 21.5 Å². The fourth-order valence-corrected chi connectivity index (χ4v) is 2.86. The van der Waals surface area contributed by atoms with Gasteiger partial charge in [0.1, 0.15) is 0 Å². The van der Waals surface area contributed by atoms with Crippen LogP contribution in [-0.4, -0.2) is 29.4 Å². The van der Waals surface area contributed by atoms with E-state index in [1.807, 2.05) is 6.92 Å². The Kier molecular flexibility index (Phi) is 14.9. The predicted molar refractivity (Wildman–Crippen MR) is 67.8 cm³/mol. The summed E-state index contributed by atoms with van der Waals surface area (Å²) in [6.45, 7) is 3.95. The van der Waals surface area contributed by atoms with Crippen molar-refractivity contribution >= 4 is 10.1 Å². The minimum atomic E-state index is -4.21. The molecule has 18 heavy (non-hydrogen) atoms. The van der Waals surface area contributed by atoms with Crippen molar-refractivity contribution < 1.29 is 69.5 Å². The van der Waals surface area contributed by atoms with Crippen LogP contribution in [0.1, 0.15) is 65.2 Å². The molecule has 0 aromatic carbocycles. The van der Waals surface area contributed by atoms with Crippen LogP contribution in [0.25, 0.3) is 0 Å². The Morgan fingerprint density at radius 1 is 1.00 bits per heavy atom. The van der Waals surface area contributed by atoms with Gasteiger partial charge >= 0.3 is 51.4 Å². The summed E-state index contributed by atoms with van der Waals surface area (Å²) in [4.78, 5) is 0. The standard InChI is InChI=1S/C12H26O4S.K/c1-3-5-6-8-11(13)9-10-12(7-4-2)17(14,15)16;/h11-13H,3-10H2,1-2H3,(H,14,15,16);/q;+1/p-1. The summed E-state index contributed by atoms with van der Waals surface area (Å²) in [5.74, 6) is 0. The Hall–Kier alpha value is 1.51. The Balaban J connectivity index is 0. The fraction of sp³-hybridized carbons (Fsp3) is 1.00. The maximum absolute atomic E-state index is 11.0. The molecule has 2 unspecified atom stereocenters. The number of rotatable bonds is 10. The van der Waals surface area contributed by atoms with Crippen molar-refractivity contribution in [1.29, 1.82) is 0 Å². The number of hydrogen-bond donors (Lipinski definition) is 1. The molecule has 0 radical (unpaired) electrons. The molecule has 6 heteroatoms. The molecular weight excluding hydrogens is 279 g/mol. The van der Waals surface area contributed by atoms with Gasteiger partial charge in [0.2, 0.25) is 0 Å². The van der Waals surface area contributed by atoms with Crippen LogP contribution in [0.5, 0.6) is 0 Å². The number of unbranched alkanes of at least 4 members (excludes halogenated alkanes) is 2. The maximum Gasteiger partial charge on any atom is 1.00 e. The van der Waals surface area contributed by atoms with E-state index in [1.165, 1.54) is 0 Å². The van der Waals surface area contributed by atoms with Crippen molar-refractivity contribution in [1.82, 2.24) is 0 Å². The van der Waals surface area contributed by atoms with Crippen molar-refractivity contribution in [2.24, 2.45) is 0 Å². The van der Waals surface area contributed by atoms with E-state index in [2.05, 4.69) is 6.92 Å². The van der Waals surface area contributed by atoms with Crippen molar-refractivity contribution in [3.8, 4) is 0 Å². The molecule has 104 valence electrons. The molecule has 0 bridgehead atoms. The van der Waals surface area contributed by atoms with E-state index in [0.717, 1.165) is 19.3 Å². The van der Waals surface area contributed by atoms with Gasteiger partial charge in [0.05, 0.1) is 16.2 Å². The van der Waals surface area contributed by atoms with E-state index in [0.29, 0.717) is 25.7 Å². The van der Waals surface area contributed by atoms with Crippen LogP contribution in [0.3, 0.4) is 0 Å². The van der Waals surface area contributed by atoms with Gasteiger partial charge in [0.15, 0.2) is 0 Å². The van der Waals surface area contributed by atoms with Crippen LogP contribution < -0.4 is 51.4 Å². The molecule has 0 aromatic heterocycles. The van der Waals surface area contributed by atoms with Crippen LogP contribution in [0.15, 0.2) is 0 Å². The van der Waals surface area contributed by atoms with Crippen molar-refractivity contribution in [3.05, 3.63) is 0 Å². The molecule has 0 rings (SSSR count). The zero-order chi connectivity index (χ0) is 13.3. The average Bonchev–Trinajstić information content (AvgIpc) is 2.23. The molecule has 0 heterocycles. The zero-order valence-corrected chi connectivity index (χ0v) is 15.8. The normalized spacial score (nSPS) is 14.9. The van der Waals surface area contributed by atoms with Gasteiger partial charge in [-0.2, -0.15) is 0 Å². The van der Waals surface area contributed by atoms with Crippen LogP contribution in [-0.2, 0) is 10.1 Å². The third-order valence-electron chi connectivity index (χ3n) is 2.98. The third-order valence-corrected chi connectivity index (χ3v) is 4.27. The topological polar surface area (TPSA) is 77.4 Å². The summed E-state index contributed by atoms with van der Waals surface area (Å²) < 4.78 is 32.9. The second-order valence-corrected chi connectivity index (χ2v) is 6.28. The fourth-order valence-electron chi connectivity index (χ4n) is 1.91. The Labute approximate surface area is 154 Å². The van der Waals surface area contributed by atoms with Gasteiger partial charge in [0.25, 0.3) is 0 Å². The molecule has 0 aliphatic rings. The molecule has 0 aliphatic heterocycles. The second kappa shape index (κ2) is 12.3. The predicted octanol–water partition coefficient (Wildman–Crippen LogP) is -0.574. The molecular formula is C12H25KO4S. The van der Waals surface area contributed by atoms with Gasteiger partial charge in [-0.3, -0.25) is 0 Å². The average molecular weight is 304 g/mol. The van der Waals surface area contributed by atoms with Crippen molar-refractivity contribution in [2.75, 3.05) is 0 Å². The minimum absolute atomic E-state index is 0. The van der Waals surface area contributed by atoms with Crippen LogP contribution >= 0.6 is 0 Å². The van der Waals surface area contributed by atoms with E-state index in [1.54, 1.807) is 0 Å². The van der Waals surface area contributed by atoms with Crippen molar-refractivity contribution in [2.45, 2.75) is 76.6 Å². The first kappa shape index (κ1) is 21.8. The molecule has 2 atom stereocenters. The SMILES string of the molecule is CCCCCC(O)CCC(CCC)S(=O)(=O)[O-].[K+]. The van der Waals surface area contributed by atoms with Crippen LogP contribution in [0.4, 0.5) is 0 Å². The quantitative estimate of drug-likeness (QED) is 0.333. The molecule has 4 nitrogen and oxygen atoms in total. The summed E-state index contributed by atoms with van der Waals surface area (Å²) in [5.41, 5.74) is 0. The second-order valence-electron chi connectivity index (χ2n) is 4.63. The molecule has 0 saturated heterocycles. The van der Waals surface area contributed by atoms with Crippen molar-refractivity contribution in [3.63, 3.8) is 0 Å².